The Balaban J connectivity index is 1.59. The molecule has 4 atom stereocenters. The zero-order valence-corrected chi connectivity index (χ0v) is 20.0. The second kappa shape index (κ2) is 8.22. The average Bonchev–Trinajstić information content (AvgIpc) is 2.76. The molecule has 0 saturated heterocycles. The minimum absolute atomic E-state index is 0.0963. The molecule has 32 heavy (non-hydrogen) atoms. The van der Waals surface area contributed by atoms with Crippen molar-refractivity contribution in [2.45, 2.75) is 52.6 Å². The van der Waals surface area contributed by atoms with Gasteiger partial charge in [0.1, 0.15) is 11.9 Å². The molecule has 2 heterocycles. The molecular weight excluding hydrogens is 416 g/mol. The van der Waals surface area contributed by atoms with Crippen LogP contribution >= 0.6 is 11.8 Å². The van der Waals surface area contributed by atoms with Crippen molar-refractivity contribution in [3.63, 3.8) is 0 Å². The molecule has 1 saturated carbocycles. The third-order valence-corrected chi connectivity index (χ3v) is 8.51. The number of carbonyl (C=O) groups is 1. The molecule has 0 radical (unpaired) electrons. The standard InChI is InChI=1S/C26H32N4OS/c1-5-13-32-25-28-24(31)22-18-10-6-7-11-21(18)27-23(30(22)29-25)19-15-20-17(14-16(19)2)9-8-12-26(20,3)4/h5-7,9-11,16,19-20,23H,1,8,12-15H2,2-4H3,(H,28,29,31)/t16-,19+,20-,23-/m0/s1. The van der Waals surface area contributed by atoms with E-state index in [0.29, 0.717) is 39.8 Å². The molecule has 0 spiro atoms. The molecule has 2 aliphatic carbocycles. The summed E-state index contributed by atoms with van der Waals surface area (Å²) in [4.78, 5) is 18.5. The number of fused-ring (bicyclic) bond motifs is 3. The summed E-state index contributed by atoms with van der Waals surface area (Å²) in [6, 6.07) is 7.96. The highest BCUT2D eigenvalue weighted by Crippen LogP contribution is 2.52. The van der Waals surface area contributed by atoms with Crippen LogP contribution in [0.2, 0.25) is 0 Å². The maximum absolute atomic E-state index is 13.2. The summed E-state index contributed by atoms with van der Waals surface area (Å²) in [6.45, 7) is 11.0. The van der Waals surface area contributed by atoms with Crippen molar-refractivity contribution in [2.75, 3.05) is 5.75 Å². The van der Waals surface area contributed by atoms with E-state index in [4.69, 9.17) is 10.1 Å². The highest BCUT2D eigenvalue weighted by molar-refractivity contribution is 8.14. The fraction of sp³-hybridized carbons (Fsp3) is 0.500. The van der Waals surface area contributed by atoms with Gasteiger partial charge in [0.2, 0.25) is 0 Å². The van der Waals surface area contributed by atoms with Crippen LogP contribution in [0.5, 0.6) is 0 Å². The van der Waals surface area contributed by atoms with Gasteiger partial charge in [-0.25, -0.2) is 5.01 Å². The Morgan fingerprint density at radius 3 is 2.97 bits per heavy atom. The number of thioether (sulfide) groups is 1. The molecule has 0 unspecified atom stereocenters. The van der Waals surface area contributed by atoms with Gasteiger partial charge in [-0.3, -0.25) is 15.1 Å². The SMILES string of the molecule is C=CCSC1=NN2C(=c3ccccc3=N[C@@H]2[C@@H]2C[C@H]3C(=CCCC3(C)C)C[C@@H]2C)C(=O)N1. The third-order valence-electron chi connectivity index (χ3n) is 7.65. The molecule has 1 amide bonds. The Morgan fingerprint density at radius 1 is 1.34 bits per heavy atom. The van der Waals surface area contributed by atoms with E-state index in [1.165, 1.54) is 24.6 Å². The molecule has 1 aromatic carbocycles. The van der Waals surface area contributed by atoms with Crippen molar-refractivity contribution in [3.8, 4) is 0 Å². The van der Waals surface area contributed by atoms with Gasteiger partial charge in [0.15, 0.2) is 5.17 Å². The van der Waals surface area contributed by atoms with Crippen LogP contribution in [-0.2, 0) is 4.79 Å². The molecule has 4 aliphatic rings. The predicted molar refractivity (Wildman–Crippen MR) is 131 cm³/mol. The number of carbonyl (C=O) groups excluding carboxylic acids is 1. The maximum atomic E-state index is 13.2. The Morgan fingerprint density at radius 2 is 2.16 bits per heavy atom. The normalized spacial score (nSPS) is 30.7. The van der Waals surface area contributed by atoms with Crippen LogP contribution in [0, 0.1) is 23.2 Å². The number of hydrazone groups is 1. The summed E-state index contributed by atoms with van der Waals surface area (Å²) in [5, 5.41) is 12.2. The van der Waals surface area contributed by atoms with E-state index in [-0.39, 0.29) is 12.1 Å². The highest BCUT2D eigenvalue weighted by atomic mass is 32.2. The lowest BCUT2D eigenvalue weighted by atomic mass is 9.58. The van der Waals surface area contributed by atoms with Crippen LogP contribution in [-0.4, -0.2) is 28.0 Å². The Bertz CT molecular complexity index is 1130. The monoisotopic (exact) mass is 448 g/mol. The summed E-state index contributed by atoms with van der Waals surface area (Å²) in [5.41, 5.74) is 2.56. The third kappa shape index (κ3) is 3.62. The van der Waals surface area contributed by atoms with Crippen molar-refractivity contribution in [1.29, 1.82) is 0 Å². The van der Waals surface area contributed by atoms with Crippen molar-refractivity contribution in [2.24, 2.45) is 33.3 Å². The van der Waals surface area contributed by atoms with Crippen molar-refractivity contribution in [3.05, 3.63) is 59.1 Å². The number of amides is 1. The average molecular weight is 449 g/mol. The quantitative estimate of drug-likeness (QED) is 0.716. The smallest absolute Gasteiger partial charge is 0.276 e. The lowest BCUT2D eigenvalue weighted by Crippen LogP contribution is -2.56. The van der Waals surface area contributed by atoms with Crippen molar-refractivity contribution < 1.29 is 4.79 Å². The Hall–Kier alpha value is -2.34. The molecule has 5 rings (SSSR count). The van der Waals surface area contributed by atoms with E-state index in [1.54, 1.807) is 5.57 Å². The van der Waals surface area contributed by atoms with Gasteiger partial charge in [0, 0.05) is 16.9 Å². The lowest BCUT2D eigenvalue weighted by Gasteiger charge is -2.49. The first-order valence-corrected chi connectivity index (χ1v) is 12.7. The second-order valence-electron chi connectivity index (χ2n) is 10.2. The van der Waals surface area contributed by atoms with Gasteiger partial charge < -0.3 is 0 Å². The molecule has 0 bridgehead atoms. The maximum Gasteiger partial charge on any atom is 0.276 e. The van der Waals surface area contributed by atoms with Gasteiger partial charge in [0.05, 0.1) is 5.36 Å². The van der Waals surface area contributed by atoms with Crippen LogP contribution in [0.3, 0.4) is 0 Å². The van der Waals surface area contributed by atoms with Gasteiger partial charge in [-0.15, -0.1) is 11.7 Å². The number of rotatable bonds is 3. The van der Waals surface area contributed by atoms with E-state index in [1.807, 2.05) is 35.4 Å². The van der Waals surface area contributed by atoms with Crippen LogP contribution < -0.4 is 15.9 Å². The zero-order chi connectivity index (χ0) is 22.5. The van der Waals surface area contributed by atoms with E-state index in [2.05, 4.69) is 38.7 Å². The molecule has 1 N–H and O–H groups in total. The molecular formula is C26H32N4OS. The molecule has 6 heteroatoms. The Kier molecular flexibility index (Phi) is 5.52. The predicted octanol–water partition coefficient (Wildman–Crippen LogP) is 3.78. The second-order valence-corrected chi connectivity index (χ2v) is 11.2. The molecule has 5 nitrogen and oxygen atoms in total. The number of nitrogens with one attached hydrogen (secondary N) is 1. The lowest BCUT2D eigenvalue weighted by molar-refractivity contribution is -0.116. The number of allylic oxidation sites excluding steroid dienone is 2. The van der Waals surface area contributed by atoms with E-state index < -0.39 is 0 Å². The van der Waals surface area contributed by atoms with Crippen molar-refractivity contribution >= 4 is 28.5 Å². The van der Waals surface area contributed by atoms with E-state index in [0.717, 1.165) is 23.4 Å². The Labute approximate surface area is 194 Å². The highest BCUT2D eigenvalue weighted by Gasteiger charge is 2.46. The number of para-hydroxylation sites is 1. The van der Waals surface area contributed by atoms with Gasteiger partial charge in [0.25, 0.3) is 5.91 Å². The van der Waals surface area contributed by atoms with Gasteiger partial charge in [-0.1, -0.05) is 68.5 Å². The summed E-state index contributed by atoms with van der Waals surface area (Å²) < 4.78 is 0. The minimum atomic E-state index is -0.167. The first kappa shape index (κ1) is 21.5. The zero-order valence-electron chi connectivity index (χ0n) is 19.2. The summed E-state index contributed by atoms with van der Waals surface area (Å²) in [7, 11) is 0. The van der Waals surface area contributed by atoms with Crippen LogP contribution in [0.15, 0.2) is 58.7 Å². The summed E-state index contributed by atoms with van der Waals surface area (Å²) in [5.74, 6) is 1.99. The number of hydrogen-bond donors (Lipinski definition) is 1. The minimum Gasteiger partial charge on any atom is -0.298 e. The topological polar surface area (TPSA) is 57.1 Å². The number of hydrogen-bond acceptors (Lipinski definition) is 5. The molecule has 1 fully saturated rings. The summed E-state index contributed by atoms with van der Waals surface area (Å²) in [6.07, 6.45) is 8.78. The van der Waals surface area contributed by atoms with Crippen molar-refractivity contribution in [1.82, 2.24) is 10.3 Å². The first-order valence-electron chi connectivity index (χ1n) is 11.7. The molecule has 2 aliphatic heterocycles. The number of benzene rings is 1. The van der Waals surface area contributed by atoms with Gasteiger partial charge in [-0.2, -0.15) is 0 Å². The number of amidine groups is 1. The van der Waals surface area contributed by atoms with Crippen LogP contribution in [0.1, 0.15) is 46.5 Å². The summed E-state index contributed by atoms with van der Waals surface area (Å²) >= 11 is 1.50. The number of nitrogens with zero attached hydrogens (tertiary/aromatic N) is 3. The van der Waals surface area contributed by atoms with Gasteiger partial charge >= 0.3 is 0 Å². The van der Waals surface area contributed by atoms with E-state index in [9.17, 15) is 4.79 Å². The van der Waals surface area contributed by atoms with Gasteiger partial charge in [-0.05, 0) is 49.0 Å². The fourth-order valence-corrected chi connectivity index (χ4v) is 6.51. The van der Waals surface area contributed by atoms with Crippen LogP contribution in [0.25, 0.3) is 5.70 Å². The molecule has 0 aromatic heterocycles. The largest absolute Gasteiger partial charge is 0.298 e. The fourth-order valence-electron chi connectivity index (χ4n) is 5.92. The van der Waals surface area contributed by atoms with E-state index >= 15 is 0 Å². The first-order chi connectivity index (χ1) is 15.4. The molecule has 1 aromatic rings. The molecule has 168 valence electrons. The van der Waals surface area contributed by atoms with Crippen LogP contribution in [0.4, 0.5) is 0 Å².